The lowest BCUT2D eigenvalue weighted by molar-refractivity contribution is -0.141. The molecule has 0 aliphatic rings. The molecule has 0 heterocycles. The standard InChI is InChI=1S/C11H19N3O6S2.C2H6/c1-7(15)2-3-9(16)13-8(10(17)18)6-22-21-5-4-20-11(19)14-12;1-2/h8H,2-6,12H2,1H3,(H,13,16)(H,14,19)(H,17,18);1-2H3. The predicted molar refractivity (Wildman–Crippen MR) is 94.4 cm³/mol. The van der Waals surface area contributed by atoms with Crippen LogP contribution in [0, 0.1) is 0 Å². The lowest BCUT2D eigenvalue weighted by Crippen LogP contribution is -2.42. The van der Waals surface area contributed by atoms with Crippen LogP contribution in [0.25, 0.3) is 0 Å². The third kappa shape index (κ3) is 15.4. The second kappa shape index (κ2) is 16.4. The Hall–Kier alpha value is -1.46. The van der Waals surface area contributed by atoms with E-state index >= 15 is 0 Å². The summed E-state index contributed by atoms with van der Waals surface area (Å²) in [6.07, 6.45) is -0.689. The molecule has 0 aliphatic heterocycles. The van der Waals surface area contributed by atoms with Crippen LogP contribution >= 0.6 is 21.6 Å². The van der Waals surface area contributed by atoms with Crippen molar-refractivity contribution in [3.05, 3.63) is 0 Å². The van der Waals surface area contributed by atoms with Crippen molar-refractivity contribution >= 4 is 45.3 Å². The fraction of sp³-hybridized carbons (Fsp3) is 0.692. The molecular weight excluding hydrogens is 358 g/mol. The lowest BCUT2D eigenvalue weighted by atomic mass is 10.2. The van der Waals surface area contributed by atoms with Gasteiger partial charge in [0, 0.05) is 24.3 Å². The van der Waals surface area contributed by atoms with Gasteiger partial charge in [0.15, 0.2) is 0 Å². The molecule has 0 aromatic rings. The zero-order valence-corrected chi connectivity index (χ0v) is 15.6. The number of carboxylic acids is 1. The molecule has 140 valence electrons. The first kappa shape index (κ1) is 24.8. The normalized spacial score (nSPS) is 10.7. The third-order valence-corrected chi connectivity index (χ3v) is 4.55. The average molecular weight is 383 g/mol. The van der Waals surface area contributed by atoms with Gasteiger partial charge in [-0.2, -0.15) is 0 Å². The molecule has 0 spiro atoms. The number of nitrogens with two attached hydrogens (primary N) is 1. The molecule has 0 bridgehead atoms. The summed E-state index contributed by atoms with van der Waals surface area (Å²) in [6, 6.07) is -1.04. The smallest absolute Gasteiger partial charge is 0.421 e. The minimum absolute atomic E-state index is 0.0288. The van der Waals surface area contributed by atoms with Crippen molar-refractivity contribution in [2.75, 3.05) is 18.1 Å². The first-order chi connectivity index (χ1) is 11.4. The van der Waals surface area contributed by atoms with Crippen LogP contribution in [-0.4, -0.2) is 53.0 Å². The van der Waals surface area contributed by atoms with Gasteiger partial charge in [0.2, 0.25) is 5.91 Å². The zero-order valence-electron chi connectivity index (χ0n) is 14.0. The number of carbonyl (C=O) groups is 4. The fourth-order valence-electron chi connectivity index (χ4n) is 1.12. The maximum absolute atomic E-state index is 11.5. The largest absolute Gasteiger partial charge is 0.480 e. The van der Waals surface area contributed by atoms with Gasteiger partial charge >= 0.3 is 12.1 Å². The molecule has 2 amide bonds. The van der Waals surface area contributed by atoms with Gasteiger partial charge in [0.05, 0.1) is 0 Å². The summed E-state index contributed by atoms with van der Waals surface area (Å²) < 4.78 is 4.64. The van der Waals surface area contributed by atoms with Crippen molar-refractivity contribution in [2.45, 2.75) is 39.7 Å². The van der Waals surface area contributed by atoms with Crippen LogP contribution < -0.4 is 16.6 Å². The highest BCUT2D eigenvalue weighted by molar-refractivity contribution is 8.76. The number of ketones is 1. The Labute approximate surface area is 149 Å². The number of hydrazine groups is 1. The second-order valence-electron chi connectivity index (χ2n) is 4.05. The molecule has 0 aromatic heterocycles. The van der Waals surface area contributed by atoms with Gasteiger partial charge in [-0.25, -0.2) is 15.4 Å². The highest BCUT2D eigenvalue weighted by Gasteiger charge is 2.20. The van der Waals surface area contributed by atoms with E-state index in [9.17, 15) is 19.2 Å². The molecule has 0 rings (SSSR count). The van der Waals surface area contributed by atoms with Gasteiger partial charge in [-0.1, -0.05) is 35.4 Å². The Morgan fingerprint density at radius 1 is 1.17 bits per heavy atom. The van der Waals surface area contributed by atoms with Crippen molar-refractivity contribution in [1.82, 2.24) is 10.7 Å². The maximum atomic E-state index is 11.5. The minimum Gasteiger partial charge on any atom is -0.480 e. The monoisotopic (exact) mass is 383 g/mol. The average Bonchev–Trinajstić information content (AvgIpc) is 2.56. The SMILES string of the molecule is CC.CC(=O)CCC(=O)NC(CSSCCOC(=O)NN)C(=O)O. The number of rotatable bonds is 11. The molecule has 0 fully saturated rings. The Kier molecular flexibility index (Phi) is 16.9. The minimum atomic E-state index is -1.15. The topological polar surface area (TPSA) is 148 Å². The molecule has 0 aliphatic carbocycles. The fourth-order valence-corrected chi connectivity index (χ4v) is 3.10. The van der Waals surface area contributed by atoms with Gasteiger partial charge in [-0.3, -0.25) is 10.2 Å². The highest BCUT2D eigenvalue weighted by atomic mass is 33.1. The van der Waals surface area contributed by atoms with Crippen LogP contribution in [0.3, 0.4) is 0 Å². The number of amides is 2. The summed E-state index contributed by atoms with van der Waals surface area (Å²) >= 11 is 0. The number of aliphatic carboxylic acids is 1. The van der Waals surface area contributed by atoms with E-state index in [1.54, 1.807) is 5.43 Å². The summed E-state index contributed by atoms with van der Waals surface area (Å²) in [6.45, 7) is 5.49. The summed E-state index contributed by atoms with van der Waals surface area (Å²) in [7, 11) is 2.53. The Balaban J connectivity index is 0. The summed E-state index contributed by atoms with van der Waals surface area (Å²) in [5, 5.41) is 11.4. The Morgan fingerprint density at radius 2 is 1.79 bits per heavy atom. The summed E-state index contributed by atoms with van der Waals surface area (Å²) in [5.41, 5.74) is 1.80. The summed E-state index contributed by atoms with van der Waals surface area (Å²) in [4.78, 5) is 43.9. The molecule has 5 N–H and O–H groups in total. The van der Waals surface area contributed by atoms with E-state index in [1.165, 1.54) is 28.5 Å². The van der Waals surface area contributed by atoms with Crippen molar-refractivity contribution in [3.8, 4) is 0 Å². The number of hydrogen-bond acceptors (Lipinski definition) is 8. The van der Waals surface area contributed by atoms with E-state index in [1.807, 2.05) is 13.8 Å². The lowest BCUT2D eigenvalue weighted by Gasteiger charge is -2.13. The van der Waals surface area contributed by atoms with Gasteiger partial charge in [0.25, 0.3) is 0 Å². The van der Waals surface area contributed by atoms with Gasteiger partial charge < -0.3 is 20.0 Å². The first-order valence-corrected chi connectivity index (χ1v) is 9.75. The zero-order chi connectivity index (χ0) is 19.0. The molecule has 0 saturated heterocycles. The molecule has 11 heteroatoms. The third-order valence-electron chi connectivity index (χ3n) is 2.17. The van der Waals surface area contributed by atoms with Crippen molar-refractivity contribution < 1.29 is 29.0 Å². The van der Waals surface area contributed by atoms with Crippen molar-refractivity contribution in [3.63, 3.8) is 0 Å². The number of Topliss-reactive ketones (excluding diaryl/α,β-unsaturated/α-hetero) is 1. The van der Waals surface area contributed by atoms with Crippen LogP contribution in [0.5, 0.6) is 0 Å². The second-order valence-corrected chi connectivity index (χ2v) is 6.67. The number of hydrogen-bond donors (Lipinski definition) is 4. The molecule has 1 atom stereocenters. The van der Waals surface area contributed by atoms with Crippen molar-refractivity contribution in [2.24, 2.45) is 5.84 Å². The van der Waals surface area contributed by atoms with Crippen LogP contribution in [0.15, 0.2) is 0 Å². The summed E-state index contributed by atoms with van der Waals surface area (Å²) in [5.74, 6) is 3.65. The van der Waals surface area contributed by atoms with E-state index in [4.69, 9.17) is 10.9 Å². The van der Waals surface area contributed by atoms with E-state index in [0.29, 0.717) is 5.75 Å². The molecule has 24 heavy (non-hydrogen) atoms. The van der Waals surface area contributed by atoms with E-state index in [0.717, 1.165) is 0 Å². The van der Waals surface area contributed by atoms with E-state index in [-0.39, 0.29) is 31.0 Å². The number of ether oxygens (including phenoxy) is 1. The molecule has 0 aromatic carbocycles. The van der Waals surface area contributed by atoms with Gasteiger partial charge in [-0.15, -0.1) is 0 Å². The quantitative estimate of drug-likeness (QED) is 0.134. The maximum Gasteiger partial charge on any atom is 0.421 e. The van der Waals surface area contributed by atoms with Crippen LogP contribution in [-0.2, 0) is 19.1 Å². The number of carboxylic acid groups (broad SMARTS) is 1. The Bertz CT molecular complexity index is 409. The van der Waals surface area contributed by atoms with Gasteiger partial charge in [-0.05, 0) is 6.92 Å². The molecular formula is C13H25N3O6S2. The van der Waals surface area contributed by atoms with E-state index < -0.39 is 24.0 Å². The molecule has 9 nitrogen and oxygen atoms in total. The number of carbonyl (C=O) groups excluding carboxylic acids is 3. The van der Waals surface area contributed by atoms with Crippen LogP contribution in [0.4, 0.5) is 4.79 Å². The highest BCUT2D eigenvalue weighted by Crippen LogP contribution is 2.21. The molecule has 1 unspecified atom stereocenters. The predicted octanol–water partition coefficient (Wildman–Crippen LogP) is 0.933. The van der Waals surface area contributed by atoms with Crippen LogP contribution in [0.1, 0.15) is 33.6 Å². The van der Waals surface area contributed by atoms with E-state index in [2.05, 4.69) is 10.1 Å². The van der Waals surface area contributed by atoms with Crippen LogP contribution in [0.2, 0.25) is 0 Å². The Morgan fingerprint density at radius 3 is 2.29 bits per heavy atom. The molecule has 0 saturated carbocycles. The first-order valence-electron chi connectivity index (χ1n) is 7.26. The van der Waals surface area contributed by atoms with Gasteiger partial charge in [0.1, 0.15) is 18.4 Å². The van der Waals surface area contributed by atoms with Crippen molar-refractivity contribution in [1.29, 1.82) is 0 Å². The molecule has 0 radical (unpaired) electrons. The number of nitrogens with one attached hydrogen (secondary N) is 2.